The molecular weight excluding hydrogens is 365 g/mol. The predicted molar refractivity (Wildman–Crippen MR) is 97.0 cm³/mol. The first-order chi connectivity index (χ1) is 13.5. The number of aromatic nitrogens is 3. The lowest BCUT2D eigenvalue weighted by Gasteiger charge is -2.20. The zero-order chi connectivity index (χ0) is 19.7. The number of nitrogens with one attached hydrogen (secondary N) is 1. The van der Waals surface area contributed by atoms with Crippen LogP contribution in [0.5, 0.6) is 5.75 Å². The van der Waals surface area contributed by atoms with E-state index in [4.69, 9.17) is 4.74 Å². The molecule has 1 aromatic heterocycles. The zero-order valence-electron chi connectivity index (χ0n) is 15.6. The number of halogens is 1. The largest absolute Gasteiger partial charge is 0.480 e. The summed E-state index contributed by atoms with van der Waals surface area (Å²) in [6.45, 7) is 3.61. The predicted octanol–water partition coefficient (Wildman–Crippen LogP) is 0.700. The normalized spacial score (nSPS) is 20.7. The Morgan fingerprint density at radius 2 is 2.25 bits per heavy atom. The van der Waals surface area contributed by atoms with E-state index in [2.05, 4.69) is 15.6 Å². The third-order valence-corrected chi connectivity index (χ3v) is 5.13. The lowest BCUT2D eigenvalue weighted by atomic mass is 10.1. The molecule has 0 aliphatic carbocycles. The van der Waals surface area contributed by atoms with Crippen molar-refractivity contribution in [3.05, 3.63) is 41.5 Å². The van der Waals surface area contributed by atoms with E-state index in [0.29, 0.717) is 43.1 Å². The average molecular weight is 387 g/mol. The maximum Gasteiger partial charge on any atom is 0.264 e. The summed E-state index contributed by atoms with van der Waals surface area (Å²) in [4.78, 5) is 26.6. The van der Waals surface area contributed by atoms with E-state index >= 15 is 0 Å². The highest BCUT2D eigenvalue weighted by atomic mass is 19.1. The maximum atomic E-state index is 13.8. The number of hydrogen-bond acceptors (Lipinski definition) is 5. The standard InChI is InChI=1S/C19H22FN5O3/c1-2-25-11-13(22-23-25)8-18(26)21-12-6-7-24(10-12)19(27)17-9-14-15(20)4-3-5-16(14)28-17/h3-5,11-12,17H,2,6-10H2,1H3,(H,21,26)/t12-,17?/m0/s1. The second-order valence-electron chi connectivity index (χ2n) is 7.11. The van der Waals surface area contributed by atoms with Crippen molar-refractivity contribution in [1.29, 1.82) is 0 Å². The SMILES string of the molecule is CCn1cc(CC(=O)N[C@H]2CCN(C(=O)C3Cc4c(F)cccc4O3)C2)nn1. The Balaban J connectivity index is 1.29. The first-order valence-corrected chi connectivity index (χ1v) is 9.44. The fourth-order valence-corrected chi connectivity index (χ4v) is 3.66. The van der Waals surface area contributed by atoms with Gasteiger partial charge in [0.15, 0.2) is 6.10 Å². The molecule has 1 fully saturated rings. The highest BCUT2D eigenvalue weighted by Crippen LogP contribution is 2.31. The first kappa shape index (κ1) is 18.4. The summed E-state index contributed by atoms with van der Waals surface area (Å²) in [7, 11) is 0. The van der Waals surface area contributed by atoms with Crippen molar-refractivity contribution >= 4 is 11.8 Å². The molecule has 2 amide bonds. The highest BCUT2D eigenvalue weighted by Gasteiger charge is 2.37. The molecule has 2 aliphatic heterocycles. The van der Waals surface area contributed by atoms with E-state index in [1.54, 1.807) is 27.9 Å². The summed E-state index contributed by atoms with van der Waals surface area (Å²) in [6, 6.07) is 4.50. The van der Waals surface area contributed by atoms with Gasteiger partial charge in [0.05, 0.1) is 12.1 Å². The quantitative estimate of drug-likeness (QED) is 0.816. The van der Waals surface area contributed by atoms with Gasteiger partial charge in [0.2, 0.25) is 5.91 Å². The number of aryl methyl sites for hydroxylation is 1. The smallest absolute Gasteiger partial charge is 0.264 e. The molecule has 9 heteroatoms. The molecule has 0 spiro atoms. The van der Waals surface area contributed by atoms with Crippen LogP contribution in [-0.4, -0.2) is 56.9 Å². The van der Waals surface area contributed by atoms with E-state index < -0.39 is 6.10 Å². The number of carbonyl (C=O) groups excluding carboxylic acids is 2. The van der Waals surface area contributed by atoms with Crippen LogP contribution in [-0.2, 0) is 29.0 Å². The van der Waals surface area contributed by atoms with Crippen LogP contribution in [0.25, 0.3) is 0 Å². The number of fused-ring (bicyclic) bond motifs is 1. The molecule has 3 heterocycles. The Morgan fingerprint density at radius 3 is 3.00 bits per heavy atom. The Hall–Kier alpha value is -2.97. The summed E-state index contributed by atoms with van der Waals surface area (Å²) >= 11 is 0. The molecule has 8 nitrogen and oxygen atoms in total. The Kier molecular flexibility index (Phi) is 4.97. The van der Waals surface area contributed by atoms with Crippen LogP contribution >= 0.6 is 0 Å². The van der Waals surface area contributed by atoms with Gasteiger partial charge in [-0.1, -0.05) is 11.3 Å². The third-order valence-electron chi connectivity index (χ3n) is 5.13. The number of amides is 2. The van der Waals surface area contributed by atoms with Gasteiger partial charge in [-0.05, 0) is 25.5 Å². The highest BCUT2D eigenvalue weighted by molar-refractivity contribution is 5.83. The topological polar surface area (TPSA) is 89.4 Å². The summed E-state index contributed by atoms with van der Waals surface area (Å²) in [5, 5.41) is 10.8. The molecular formula is C19H22FN5O3. The van der Waals surface area contributed by atoms with Crippen molar-refractivity contribution in [2.24, 2.45) is 0 Å². The van der Waals surface area contributed by atoms with Crippen LogP contribution < -0.4 is 10.1 Å². The van der Waals surface area contributed by atoms with Crippen LogP contribution in [0.4, 0.5) is 4.39 Å². The number of carbonyl (C=O) groups is 2. The van der Waals surface area contributed by atoms with E-state index in [9.17, 15) is 14.0 Å². The lowest BCUT2D eigenvalue weighted by molar-refractivity contribution is -0.137. The van der Waals surface area contributed by atoms with Gasteiger partial charge >= 0.3 is 0 Å². The van der Waals surface area contributed by atoms with Gasteiger partial charge in [-0.2, -0.15) is 0 Å². The molecule has 2 atom stereocenters. The van der Waals surface area contributed by atoms with E-state index in [0.717, 1.165) is 0 Å². The number of rotatable bonds is 5. The Morgan fingerprint density at radius 1 is 1.39 bits per heavy atom. The van der Waals surface area contributed by atoms with Crippen molar-refractivity contribution in [3.63, 3.8) is 0 Å². The monoisotopic (exact) mass is 387 g/mol. The molecule has 1 N–H and O–H groups in total. The van der Waals surface area contributed by atoms with Gasteiger partial charge in [0.1, 0.15) is 11.6 Å². The second kappa shape index (κ2) is 7.57. The fraction of sp³-hybridized carbons (Fsp3) is 0.474. The summed E-state index contributed by atoms with van der Waals surface area (Å²) in [6.07, 6.45) is 2.11. The molecule has 4 rings (SSSR count). The van der Waals surface area contributed by atoms with Crippen LogP contribution in [0.15, 0.2) is 24.4 Å². The Labute approximate surface area is 161 Å². The summed E-state index contributed by atoms with van der Waals surface area (Å²) in [5.41, 5.74) is 1.06. The van der Waals surface area contributed by atoms with Crippen molar-refractivity contribution in [2.45, 2.75) is 44.9 Å². The fourth-order valence-electron chi connectivity index (χ4n) is 3.66. The van der Waals surface area contributed by atoms with Crippen molar-refractivity contribution < 1.29 is 18.7 Å². The minimum atomic E-state index is -0.703. The first-order valence-electron chi connectivity index (χ1n) is 9.44. The summed E-state index contributed by atoms with van der Waals surface area (Å²) < 4.78 is 21.2. The minimum Gasteiger partial charge on any atom is -0.480 e. The van der Waals surface area contributed by atoms with Crippen molar-refractivity contribution in [1.82, 2.24) is 25.2 Å². The number of ether oxygens (including phenoxy) is 1. The van der Waals surface area contributed by atoms with Crippen LogP contribution in [0, 0.1) is 5.82 Å². The zero-order valence-corrected chi connectivity index (χ0v) is 15.6. The number of hydrogen-bond donors (Lipinski definition) is 1. The van der Waals surface area contributed by atoms with Crippen LogP contribution in [0.3, 0.4) is 0 Å². The molecule has 2 aromatic rings. The average Bonchev–Trinajstić information content (AvgIpc) is 3.40. The minimum absolute atomic E-state index is 0.113. The lowest BCUT2D eigenvalue weighted by Crippen LogP contribution is -2.43. The molecule has 0 saturated carbocycles. The molecule has 1 saturated heterocycles. The van der Waals surface area contributed by atoms with Gasteiger partial charge in [-0.3, -0.25) is 14.3 Å². The van der Waals surface area contributed by atoms with Gasteiger partial charge in [0, 0.05) is 43.9 Å². The molecule has 1 unspecified atom stereocenters. The van der Waals surface area contributed by atoms with Crippen LogP contribution in [0.1, 0.15) is 24.6 Å². The van der Waals surface area contributed by atoms with E-state index in [-0.39, 0.29) is 36.5 Å². The van der Waals surface area contributed by atoms with Crippen LogP contribution in [0.2, 0.25) is 0 Å². The van der Waals surface area contributed by atoms with Gasteiger partial charge in [0.25, 0.3) is 5.91 Å². The molecule has 0 radical (unpaired) electrons. The maximum absolute atomic E-state index is 13.8. The number of nitrogens with zero attached hydrogens (tertiary/aromatic N) is 4. The van der Waals surface area contributed by atoms with E-state index in [1.807, 2.05) is 6.92 Å². The van der Waals surface area contributed by atoms with Crippen molar-refractivity contribution in [3.8, 4) is 5.75 Å². The van der Waals surface area contributed by atoms with E-state index in [1.165, 1.54) is 6.07 Å². The summed E-state index contributed by atoms with van der Waals surface area (Å²) in [5.74, 6) is -0.228. The number of likely N-dealkylation sites (tertiary alicyclic amines) is 1. The van der Waals surface area contributed by atoms with Gasteiger partial charge < -0.3 is 15.0 Å². The molecule has 0 bridgehead atoms. The second-order valence-corrected chi connectivity index (χ2v) is 7.11. The molecule has 28 heavy (non-hydrogen) atoms. The van der Waals surface area contributed by atoms with Gasteiger partial charge in [-0.15, -0.1) is 5.10 Å². The third kappa shape index (κ3) is 3.69. The van der Waals surface area contributed by atoms with Crippen molar-refractivity contribution in [2.75, 3.05) is 13.1 Å². The molecule has 148 valence electrons. The Bertz CT molecular complexity index is 899. The van der Waals surface area contributed by atoms with Gasteiger partial charge in [-0.25, -0.2) is 4.39 Å². The molecule has 1 aromatic carbocycles. The molecule has 2 aliphatic rings. The number of benzene rings is 1.